The molecule has 0 bridgehead atoms. The van der Waals surface area contributed by atoms with Crippen molar-refractivity contribution < 1.29 is 18.7 Å². The summed E-state index contributed by atoms with van der Waals surface area (Å²) in [6, 6.07) is 3.10. The van der Waals surface area contributed by atoms with Crippen LogP contribution in [0.4, 0.5) is 8.78 Å². The van der Waals surface area contributed by atoms with E-state index in [0.717, 1.165) is 18.2 Å². The third-order valence-corrected chi connectivity index (χ3v) is 2.77. The zero-order valence-electron chi connectivity index (χ0n) is 10.6. The quantitative estimate of drug-likeness (QED) is 0.825. The van der Waals surface area contributed by atoms with Gasteiger partial charge in [0.1, 0.15) is 17.3 Å². The smallest absolute Gasteiger partial charge is 0.303 e. The number of aryl methyl sites for hydroxylation is 1. The number of hydrogen-bond acceptors (Lipinski definition) is 3. The lowest BCUT2D eigenvalue weighted by Gasteiger charge is -2.01. The molecule has 1 heterocycles. The second-order valence-corrected chi connectivity index (χ2v) is 4.35. The fourth-order valence-corrected chi connectivity index (χ4v) is 1.77. The molecular formula is C13H13F2N3O2. The van der Waals surface area contributed by atoms with Gasteiger partial charge in [0.25, 0.3) is 0 Å². The van der Waals surface area contributed by atoms with E-state index in [1.807, 2.05) is 0 Å². The maximum atomic E-state index is 13.5. The summed E-state index contributed by atoms with van der Waals surface area (Å²) < 4.78 is 27.8. The highest BCUT2D eigenvalue weighted by atomic mass is 19.1. The van der Waals surface area contributed by atoms with Crippen molar-refractivity contribution in [1.29, 1.82) is 0 Å². The van der Waals surface area contributed by atoms with E-state index in [1.54, 1.807) is 0 Å². The number of carbonyl (C=O) groups is 1. The van der Waals surface area contributed by atoms with Gasteiger partial charge in [0, 0.05) is 12.5 Å². The van der Waals surface area contributed by atoms with Gasteiger partial charge < -0.3 is 5.11 Å². The van der Waals surface area contributed by atoms with E-state index in [2.05, 4.69) is 10.3 Å². The number of unbranched alkanes of at least 4 members (excludes halogenated alkanes) is 1. The number of aromatic nitrogens is 3. The van der Waals surface area contributed by atoms with Crippen LogP contribution in [0.3, 0.4) is 0 Å². The number of carboxylic acid groups (broad SMARTS) is 1. The van der Waals surface area contributed by atoms with Crippen LogP contribution in [0, 0.1) is 11.6 Å². The van der Waals surface area contributed by atoms with Gasteiger partial charge in [-0.1, -0.05) is 5.21 Å². The molecular weight excluding hydrogens is 268 g/mol. The lowest BCUT2D eigenvalue weighted by molar-refractivity contribution is -0.137. The van der Waals surface area contributed by atoms with Crippen LogP contribution in [0.1, 0.15) is 25.0 Å². The molecule has 0 radical (unpaired) electrons. The third kappa shape index (κ3) is 3.59. The van der Waals surface area contributed by atoms with Crippen molar-refractivity contribution in [2.75, 3.05) is 0 Å². The molecule has 7 heteroatoms. The molecule has 0 fully saturated rings. The number of hydrogen-bond donors (Lipinski definition) is 1. The minimum Gasteiger partial charge on any atom is -0.481 e. The molecule has 1 aromatic carbocycles. The van der Waals surface area contributed by atoms with E-state index in [0.29, 0.717) is 25.0 Å². The SMILES string of the molecule is O=C(O)CCCCc1cn(-c2cc(F)ccc2F)nn1. The summed E-state index contributed by atoms with van der Waals surface area (Å²) >= 11 is 0. The first-order valence-corrected chi connectivity index (χ1v) is 6.14. The molecule has 5 nitrogen and oxygen atoms in total. The highest BCUT2D eigenvalue weighted by Gasteiger charge is 2.09. The molecule has 0 saturated carbocycles. The molecule has 2 rings (SSSR count). The second kappa shape index (κ2) is 6.23. The van der Waals surface area contributed by atoms with Gasteiger partial charge in [-0.05, 0) is 31.4 Å². The monoisotopic (exact) mass is 281 g/mol. The van der Waals surface area contributed by atoms with Gasteiger partial charge in [0.15, 0.2) is 0 Å². The lowest BCUT2D eigenvalue weighted by atomic mass is 10.1. The van der Waals surface area contributed by atoms with Gasteiger partial charge in [0.2, 0.25) is 0 Å². The Labute approximate surface area is 113 Å². The lowest BCUT2D eigenvalue weighted by Crippen LogP contribution is -1.99. The van der Waals surface area contributed by atoms with Crippen LogP contribution in [0.2, 0.25) is 0 Å². The topological polar surface area (TPSA) is 68.0 Å². The molecule has 2 aromatic rings. The molecule has 1 N–H and O–H groups in total. The number of benzene rings is 1. The van der Waals surface area contributed by atoms with E-state index in [-0.39, 0.29) is 12.1 Å². The Morgan fingerprint density at radius 2 is 2.10 bits per heavy atom. The highest BCUT2D eigenvalue weighted by molar-refractivity contribution is 5.66. The highest BCUT2D eigenvalue weighted by Crippen LogP contribution is 2.14. The van der Waals surface area contributed by atoms with Gasteiger partial charge in [-0.25, -0.2) is 13.5 Å². The van der Waals surface area contributed by atoms with Crippen molar-refractivity contribution in [3.8, 4) is 5.69 Å². The summed E-state index contributed by atoms with van der Waals surface area (Å²) in [7, 11) is 0. The average molecular weight is 281 g/mol. The molecule has 0 aliphatic heterocycles. The van der Waals surface area contributed by atoms with Crippen LogP contribution in [-0.4, -0.2) is 26.1 Å². The summed E-state index contributed by atoms with van der Waals surface area (Å²) in [6.07, 6.45) is 3.35. The van der Waals surface area contributed by atoms with Gasteiger partial charge >= 0.3 is 5.97 Å². The largest absolute Gasteiger partial charge is 0.481 e. The molecule has 0 unspecified atom stereocenters. The molecule has 0 spiro atoms. The van der Waals surface area contributed by atoms with Crippen LogP contribution in [0.25, 0.3) is 5.69 Å². The Kier molecular flexibility index (Phi) is 4.39. The Hall–Kier alpha value is -2.31. The Balaban J connectivity index is 2.01. The van der Waals surface area contributed by atoms with E-state index in [4.69, 9.17) is 5.11 Å². The standard InChI is InChI=1S/C13H13F2N3O2/c14-9-5-6-11(15)12(7-9)18-8-10(16-17-18)3-1-2-4-13(19)20/h5-8H,1-4H2,(H,19,20). The van der Waals surface area contributed by atoms with E-state index >= 15 is 0 Å². The molecule has 0 amide bonds. The van der Waals surface area contributed by atoms with Crippen molar-refractivity contribution in [2.24, 2.45) is 0 Å². The molecule has 20 heavy (non-hydrogen) atoms. The van der Waals surface area contributed by atoms with Crippen molar-refractivity contribution in [3.63, 3.8) is 0 Å². The van der Waals surface area contributed by atoms with Crippen molar-refractivity contribution in [1.82, 2.24) is 15.0 Å². The Morgan fingerprint density at radius 1 is 1.30 bits per heavy atom. The van der Waals surface area contributed by atoms with Crippen molar-refractivity contribution in [3.05, 3.63) is 41.7 Å². The van der Waals surface area contributed by atoms with E-state index in [1.165, 1.54) is 10.9 Å². The van der Waals surface area contributed by atoms with E-state index < -0.39 is 17.6 Å². The fourth-order valence-electron chi connectivity index (χ4n) is 1.77. The van der Waals surface area contributed by atoms with Crippen LogP contribution in [-0.2, 0) is 11.2 Å². The molecule has 1 aromatic heterocycles. The molecule has 0 aliphatic rings. The van der Waals surface area contributed by atoms with Gasteiger partial charge in [0.05, 0.1) is 11.9 Å². The summed E-state index contributed by atoms with van der Waals surface area (Å²) in [4.78, 5) is 10.4. The molecule has 0 aliphatic carbocycles. The molecule has 0 atom stereocenters. The number of rotatable bonds is 6. The molecule has 106 valence electrons. The summed E-state index contributed by atoms with van der Waals surface area (Å²) in [5, 5.41) is 16.1. The fraction of sp³-hybridized carbons (Fsp3) is 0.308. The third-order valence-electron chi connectivity index (χ3n) is 2.77. The summed E-state index contributed by atoms with van der Waals surface area (Å²) in [5.41, 5.74) is 0.605. The van der Waals surface area contributed by atoms with E-state index in [9.17, 15) is 13.6 Å². The predicted molar refractivity (Wildman–Crippen MR) is 66.5 cm³/mol. The number of nitrogens with zero attached hydrogens (tertiary/aromatic N) is 3. The number of carboxylic acids is 1. The first-order chi connectivity index (χ1) is 9.56. The summed E-state index contributed by atoms with van der Waals surface area (Å²) in [6.45, 7) is 0. The van der Waals surface area contributed by atoms with Gasteiger partial charge in [-0.15, -0.1) is 5.10 Å². The van der Waals surface area contributed by atoms with Crippen LogP contribution >= 0.6 is 0 Å². The van der Waals surface area contributed by atoms with Gasteiger partial charge in [-0.2, -0.15) is 0 Å². The Bertz CT molecular complexity index is 613. The van der Waals surface area contributed by atoms with Crippen molar-refractivity contribution >= 4 is 5.97 Å². The number of aliphatic carboxylic acids is 1. The van der Waals surface area contributed by atoms with Crippen LogP contribution in [0.15, 0.2) is 24.4 Å². The minimum atomic E-state index is -0.838. The first kappa shape index (κ1) is 14.1. The van der Waals surface area contributed by atoms with Crippen LogP contribution < -0.4 is 0 Å². The molecule has 0 saturated heterocycles. The number of halogens is 2. The zero-order chi connectivity index (χ0) is 14.5. The van der Waals surface area contributed by atoms with Crippen LogP contribution in [0.5, 0.6) is 0 Å². The second-order valence-electron chi connectivity index (χ2n) is 4.35. The minimum absolute atomic E-state index is 0.00529. The normalized spacial score (nSPS) is 10.7. The predicted octanol–water partition coefficient (Wildman–Crippen LogP) is 2.34. The van der Waals surface area contributed by atoms with Gasteiger partial charge in [-0.3, -0.25) is 4.79 Å². The summed E-state index contributed by atoms with van der Waals surface area (Å²) in [5.74, 6) is -1.98. The maximum absolute atomic E-state index is 13.5. The maximum Gasteiger partial charge on any atom is 0.303 e. The zero-order valence-corrected chi connectivity index (χ0v) is 10.6. The Morgan fingerprint density at radius 3 is 2.85 bits per heavy atom. The van der Waals surface area contributed by atoms with Crippen molar-refractivity contribution in [2.45, 2.75) is 25.7 Å². The average Bonchev–Trinajstić information content (AvgIpc) is 2.86. The first-order valence-electron chi connectivity index (χ1n) is 6.14.